The van der Waals surface area contributed by atoms with Gasteiger partial charge >= 0.3 is 0 Å². The molecule has 2 aromatic rings. The van der Waals surface area contributed by atoms with Gasteiger partial charge in [0.2, 0.25) is 5.91 Å². The van der Waals surface area contributed by atoms with Crippen LogP contribution in [0.2, 0.25) is 5.02 Å². The highest BCUT2D eigenvalue weighted by Crippen LogP contribution is 2.44. The lowest BCUT2D eigenvalue weighted by Gasteiger charge is -2.24. The summed E-state index contributed by atoms with van der Waals surface area (Å²) in [5, 5.41) is -0.163. The number of thioether (sulfide) groups is 1. The van der Waals surface area contributed by atoms with Gasteiger partial charge in [0.15, 0.2) is 0 Å². The number of hydrogen-bond acceptors (Lipinski definition) is 3. The molecule has 1 unspecified atom stereocenters. The Hall–Kier alpha value is -1.59. The summed E-state index contributed by atoms with van der Waals surface area (Å²) in [6.45, 7) is 0. The number of pyridine rings is 1. The molecule has 1 aromatic heterocycles. The monoisotopic (exact) mass is 308 g/mol. The van der Waals surface area contributed by atoms with Crippen LogP contribution in [0.4, 0.5) is 10.2 Å². The van der Waals surface area contributed by atoms with Crippen LogP contribution in [0.25, 0.3) is 0 Å². The Balaban J connectivity index is 2.07. The summed E-state index contributed by atoms with van der Waals surface area (Å²) in [5.74, 6) is 0.279. The molecule has 0 saturated carbocycles. The standard InChI is InChI=1S/C14H10ClFN2OS/c15-9-4-3-5-10(16)13(9)14-18(12(19)8-20-14)11-6-1-2-7-17-11/h1-7,14H,8H2. The Bertz CT molecular complexity index is 633. The summed E-state index contributed by atoms with van der Waals surface area (Å²) >= 11 is 7.45. The molecule has 0 aliphatic carbocycles. The van der Waals surface area contributed by atoms with Crippen molar-refractivity contribution in [3.05, 3.63) is 59.0 Å². The normalized spacial score (nSPS) is 18.6. The highest BCUT2D eigenvalue weighted by Gasteiger charge is 2.37. The van der Waals surface area contributed by atoms with Crippen molar-refractivity contribution in [1.82, 2.24) is 4.98 Å². The van der Waals surface area contributed by atoms with E-state index < -0.39 is 11.2 Å². The zero-order valence-corrected chi connectivity index (χ0v) is 11.9. The van der Waals surface area contributed by atoms with E-state index in [1.165, 1.54) is 22.7 Å². The van der Waals surface area contributed by atoms with Crippen LogP contribution in [0.15, 0.2) is 42.6 Å². The van der Waals surface area contributed by atoms with E-state index in [-0.39, 0.29) is 11.7 Å². The molecule has 1 aromatic carbocycles. The Morgan fingerprint density at radius 3 is 2.85 bits per heavy atom. The van der Waals surface area contributed by atoms with Gasteiger partial charge in [-0.2, -0.15) is 0 Å². The van der Waals surface area contributed by atoms with Crippen molar-refractivity contribution in [2.45, 2.75) is 5.37 Å². The SMILES string of the molecule is O=C1CSC(c2c(F)cccc2Cl)N1c1ccccn1. The van der Waals surface area contributed by atoms with Gasteiger partial charge in [0, 0.05) is 16.8 Å². The van der Waals surface area contributed by atoms with Crippen molar-refractivity contribution in [3.8, 4) is 0 Å². The molecule has 0 N–H and O–H groups in total. The zero-order valence-electron chi connectivity index (χ0n) is 10.3. The number of anilines is 1. The van der Waals surface area contributed by atoms with Crippen molar-refractivity contribution in [2.75, 3.05) is 10.7 Å². The van der Waals surface area contributed by atoms with Gasteiger partial charge in [0.1, 0.15) is 17.0 Å². The number of hydrogen-bond donors (Lipinski definition) is 0. The minimum atomic E-state index is -0.480. The van der Waals surface area contributed by atoms with Crippen LogP contribution < -0.4 is 4.90 Å². The van der Waals surface area contributed by atoms with E-state index in [1.807, 2.05) is 0 Å². The Labute approximate surface area is 124 Å². The maximum absolute atomic E-state index is 14.1. The first kappa shape index (κ1) is 13.4. The molecule has 1 saturated heterocycles. The number of benzene rings is 1. The van der Waals surface area contributed by atoms with E-state index in [4.69, 9.17) is 11.6 Å². The average molecular weight is 309 g/mol. The minimum absolute atomic E-state index is 0.0991. The molecule has 1 fully saturated rings. The molecular formula is C14H10ClFN2OS. The van der Waals surface area contributed by atoms with Crippen LogP contribution in [-0.2, 0) is 4.79 Å². The number of carbonyl (C=O) groups is 1. The van der Waals surface area contributed by atoms with E-state index in [2.05, 4.69) is 4.98 Å². The fourth-order valence-corrected chi connectivity index (χ4v) is 3.68. The van der Waals surface area contributed by atoms with Crippen molar-refractivity contribution < 1.29 is 9.18 Å². The number of carbonyl (C=O) groups excluding carboxylic acids is 1. The lowest BCUT2D eigenvalue weighted by Crippen LogP contribution is -2.29. The Kier molecular flexibility index (Phi) is 3.63. The number of amides is 1. The molecule has 20 heavy (non-hydrogen) atoms. The highest BCUT2D eigenvalue weighted by molar-refractivity contribution is 8.00. The van der Waals surface area contributed by atoms with Crippen molar-refractivity contribution in [2.24, 2.45) is 0 Å². The molecule has 1 aliphatic rings. The molecule has 0 bridgehead atoms. The summed E-state index contributed by atoms with van der Waals surface area (Å²) < 4.78 is 14.1. The van der Waals surface area contributed by atoms with Gasteiger partial charge in [-0.3, -0.25) is 9.69 Å². The zero-order chi connectivity index (χ0) is 14.1. The predicted molar refractivity (Wildman–Crippen MR) is 78.3 cm³/mol. The minimum Gasteiger partial charge on any atom is -0.279 e. The van der Waals surface area contributed by atoms with E-state index in [0.717, 1.165) is 0 Å². The van der Waals surface area contributed by atoms with Crippen LogP contribution in [-0.4, -0.2) is 16.6 Å². The number of aromatic nitrogens is 1. The second-order valence-electron chi connectivity index (χ2n) is 4.25. The third kappa shape index (κ3) is 2.27. The molecule has 1 aliphatic heterocycles. The molecular weight excluding hydrogens is 299 g/mol. The third-order valence-corrected chi connectivity index (χ3v) is 4.52. The largest absolute Gasteiger partial charge is 0.279 e. The van der Waals surface area contributed by atoms with Crippen LogP contribution in [0.1, 0.15) is 10.9 Å². The summed E-state index contributed by atoms with van der Waals surface area (Å²) in [5.41, 5.74) is 0.329. The second-order valence-corrected chi connectivity index (χ2v) is 5.73. The second kappa shape index (κ2) is 5.42. The van der Waals surface area contributed by atoms with Crippen LogP contribution >= 0.6 is 23.4 Å². The van der Waals surface area contributed by atoms with Gasteiger partial charge in [-0.05, 0) is 24.3 Å². The first-order valence-corrected chi connectivity index (χ1v) is 7.40. The van der Waals surface area contributed by atoms with E-state index in [1.54, 1.807) is 36.5 Å². The van der Waals surface area contributed by atoms with E-state index in [9.17, 15) is 9.18 Å². The summed E-state index contributed by atoms with van der Waals surface area (Å²) in [6.07, 6.45) is 1.60. The van der Waals surface area contributed by atoms with Gasteiger partial charge in [-0.25, -0.2) is 9.37 Å². The molecule has 1 amide bonds. The predicted octanol–water partition coefficient (Wildman–Crippen LogP) is 3.65. The molecule has 102 valence electrons. The maximum Gasteiger partial charge on any atom is 0.239 e. The Morgan fingerprint density at radius 2 is 2.15 bits per heavy atom. The topological polar surface area (TPSA) is 33.2 Å². The molecule has 3 rings (SSSR count). The first-order chi connectivity index (χ1) is 9.68. The van der Waals surface area contributed by atoms with E-state index in [0.29, 0.717) is 16.4 Å². The van der Waals surface area contributed by atoms with Gasteiger partial charge in [0.05, 0.1) is 5.75 Å². The van der Waals surface area contributed by atoms with Crippen molar-refractivity contribution in [1.29, 1.82) is 0 Å². The van der Waals surface area contributed by atoms with Crippen molar-refractivity contribution in [3.63, 3.8) is 0 Å². The van der Waals surface area contributed by atoms with Crippen LogP contribution in [0.3, 0.4) is 0 Å². The number of halogens is 2. The molecule has 0 radical (unpaired) electrons. The van der Waals surface area contributed by atoms with Gasteiger partial charge < -0.3 is 0 Å². The van der Waals surface area contributed by atoms with Gasteiger partial charge in [-0.1, -0.05) is 23.7 Å². The molecule has 2 heterocycles. The smallest absolute Gasteiger partial charge is 0.239 e. The summed E-state index contributed by atoms with van der Waals surface area (Å²) in [4.78, 5) is 17.7. The summed E-state index contributed by atoms with van der Waals surface area (Å²) in [6, 6.07) is 9.81. The van der Waals surface area contributed by atoms with Crippen LogP contribution in [0, 0.1) is 5.82 Å². The van der Waals surface area contributed by atoms with Gasteiger partial charge in [-0.15, -0.1) is 11.8 Å². The van der Waals surface area contributed by atoms with E-state index >= 15 is 0 Å². The average Bonchev–Trinajstić information content (AvgIpc) is 2.81. The number of rotatable bonds is 2. The quantitative estimate of drug-likeness (QED) is 0.849. The lowest BCUT2D eigenvalue weighted by atomic mass is 10.2. The summed E-state index contributed by atoms with van der Waals surface area (Å²) in [7, 11) is 0. The van der Waals surface area contributed by atoms with Crippen LogP contribution in [0.5, 0.6) is 0 Å². The molecule has 0 spiro atoms. The number of nitrogens with zero attached hydrogens (tertiary/aromatic N) is 2. The highest BCUT2D eigenvalue weighted by atomic mass is 35.5. The van der Waals surface area contributed by atoms with Gasteiger partial charge in [0.25, 0.3) is 0 Å². The fraction of sp³-hybridized carbons (Fsp3) is 0.143. The molecule has 1 atom stereocenters. The molecule has 3 nitrogen and oxygen atoms in total. The Morgan fingerprint density at radius 1 is 1.30 bits per heavy atom. The maximum atomic E-state index is 14.1. The first-order valence-electron chi connectivity index (χ1n) is 5.97. The molecule has 6 heteroatoms. The third-order valence-electron chi connectivity index (χ3n) is 3.01. The van der Waals surface area contributed by atoms with Crippen molar-refractivity contribution >= 4 is 35.1 Å². The fourth-order valence-electron chi connectivity index (χ4n) is 2.13. The lowest BCUT2D eigenvalue weighted by molar-refractivity contribution is -0.115.